The van der Waals surface area contributed by atoms with Gasteiger partial charge < -0.3 is 19.4 Å². The SMILES string of the molecule is CC(=O)N1C(=O)C(COCc2ccc(C(=O)O)o2)N(c2ccc3c(c2)CCC3O)C1=O. The topological polar surface area (TPSA) is 138 Å². The zero-order chi connectivity index (χ0) is 22.3. The van der Waals surface area contributed by atoms with Gasteiger partial charge in [-0.25, -0.2) is 9.59 Å². The summed E-state index contributed by atoms with van der Waals surface area (Å²) in [6.07, 6.45) is 0.665. The highest BCUT2D eigenvalue weighted by molar-refractivity contribution is 6.23. The molecule has 1 aliphatic carbocycles. The van der Waals surface area contributed by atoms with Crippen LogP contribution in [0.25, 0.3) is 0 Å². The fourth-order valence-electron chi connectivity index (χ4n) is 3.89. The van der Waals surface area contributed by atoms with Crippen molar-refractivity contribution in [1.29, 1.82) is 0 Å². The Morgan fingerprint density at radius 3 is 2.68 bits per heavy atom. The van der Waals surface area contributed by atoms with Gasteiger partial charge in [0, 0.05) is 12.6 Å². The number of hydrogen-bond acceptors (Lipinski definition) is 7. The molecular formula is C21H20N2O8. The molecule has 4 rings (SSSR count). The van der Waals surface area contributed by atoms with Gasteiger partial charge in [-0.1, -0.05) is 6.07 Å². The van der Waals surface area contributed by atoms with Crippen LogP contribution in [0.4, 0.5) is 10.5 Å². The van der Waals surface area contributed by atoms with Crippen LogP contribution in [0.2, 0.25) is 0 Å². The van der Waals surface area contributed by atoms with Gasteiger partial charge in [-0.2, -0.15) is 4.90 Å². The van der Waals surface area contributed by atoms with Crippen molar-refractivity contribution in [2.24, 2.45) is 0 Å². The van der Waals surface area contributed by atoms with Crippen LogP contribution in [0.5, 0.6) is 0 Å². The summed E-state index contributed by atoms with van der Waals surface area (Å²) >= 11 is 0. The summed E-state index contributed by atoms with van der Waals surface area (Å²) in [5, 5.41) is 18.9. The molecule has 0 spiro atoms. The van der Waals surface area contributed by atoms with Crippen LogP contribution in [0.3, 0.4) is 0 Å². The molecular weight excluding hydrogens is 408 g/mol. The molecule has 2 N–H and O–H groups in total. The van der Waals surface area contributed by atoms with Gasteiger partial charge in [0.2, 0.25) is 11.7 Å². The standard InChI is InChI=1S/C21H20N2O8/c1-11(24)22-19(26)16(10-30-9-14-4-7-18(31-14)20(27)28)23(21(22)29)13-3-5-15-12(8-13)2-6-17(15)25/h3-5,7-8,16-17,25H,2,6,9-10H2,1H3,(H,27,28). The van der Waals surface area contributed by atoms with E-state index in [2.05, 4.69) is 0 Å². The lowest BCUT2D eigenvalue weighted by molar-refractivity contribution is -0.138. The third-order valence-corrected chi connectivity index (χ3v) is 5.37. The molecule has 1 aliphatic heterocycles. The number of nitrogens with zero attached hydrogens (tertiary/aromatic N) is 2. The maximum atomic E-state index is 12.9. The number of anilines is 1. The Bertz CT molecular complexity index is 1080. The van der Waals surface area contributed by atoms with E-state index in [1.807, 2.05) is 0 Å². The van der Waals surface area contributed by atoms with Gasteiger partial charge in [-0.3, -0.25) is 14.5 Å². The second-order valence-electron chi connectivity index (χ2n) is 7.38. The molecule has 1 aromatic carbocycles. The number of ether oxygens (including phenoxy) is 1. The number of furan rings is 1. The number of carbonyl (C=O) groups excluding carboxylic acids is 3. The lowest BCUT2D eigenvalue weighted by Crippen LogP contribution is -2.38. The first kappa shape index (κ1) is 20.8. The summed E-state index contributed by atoms with van der Waals surface area (Å²) in [6.45, 7) is 0.791. The summed E-state index contributed by atoms with van der Waals surface area (Å²) in [5.74, 6) is -2.61. The number of carboxylic acid groups (broad SMARTS) is 1. The van der Waals surface area contributed by atoms with Crippen molar-refractivity contribution in [3.05, 3.63) is 53.0 Å². The van der Waals surface area contributed by atoms with Gasteiger partial charge in [0.05, 0.1) is 12.7 Å². The van der Waals surface area contributed by atoms with Crippen LogP contribution in [0, 0.1) is 0 Å². The van der Waals surface area contributed by atoms with Crippen LogP contribution >= 0.6 is 0 Å². The number of aliphatic hydroxyl groups is 1. The van der Waals surface area contributed by atoms with E-state index in [1.54, 1.807) is 18.2 Å². The summed E-state index contributed by atoms with van der Waals surface area (Å²) < 4.78 is 10.6. The number of aromatic carboxylic acids is 1. The molecule has 2 heterocycles. The molecule has 1 fully saturated rings. The number of rotatable bonds is 6. The minimum absolute atomic E-state index is 0.116. The Morgan fingerprint density at radius 1 is 1.23 bits per heavy atom. The zero-order valence-electron chi connectivity index (χ0n) is 16.6. The van der Waals surface area contributed by atoms with E-state index in [9.17, 15) is 24.3 Å². The summed E-state index contributed by atoms with van der Waals surface area (Å²) in [7, 11) is 0. The first-order valence-electron chi connectivity index (χ1n) is 9.66. The third kappa shape index (κ3) is 3.71. The fourth-order valence-corrected chi connectivity index (χ4v) is 3.89. The Morgan fingerprint density at radius 2 is 2.00 bits per heavy atom. The van der Waals surface area contributed by atoms with Crippen molar-refractivity contribution in [2.45, 2.75) is 38.5 Å². The molecule has 162 valence electrons. The van der Waals surface area contributed by atoms with Crippen molar-refractivity contribution >= 4 is 29.5 Å². The van der Waals surface area contributed by atoms with Crippen molar-refractivity contribution in [3.8, 4) is 0 Å². The first-order chi connectivity index (χ1) is 14.8. The molecule has 0 bridgehead atoms. The van der Waals surface area contributed by atoms with Gasteiger partial charge in [-0.05, 0) is 48.2 Å². The largest absolute Gasteiger partial charge is 0.475 e. The summed E-state index contributed by atoms with van der Waals surface area (Å²) in [4.78, 5) is 50.2. The minimum atomic E-state index is -1.21. The van der Waals surface area contributed by atoms with E-state index >= 15 is 0 Å². The van der Waals surface area contributed by atoms with Crippen LogP contribution in [-0.4, -0.2) is 51.6 Å². The van der Waals surface area contributed by atoms with E-state index in [4.69, 9.17) is 14.3 Å². The normalized spacial score (nSPS) is 20.5. The number of carboxylic acids is 1. The van der Waals surface area contributed by atoms with Gasteiger partial charge in [-0.15, -0.1) is 0 Å². The van der Waals surface area contributed by atoms with Gasteiger partial charge >= 0.3 is 12.0 Å². The Hall–Kier alpha value is -3.50. The van der Waals surface area contributed by atoms with Crippen molar-refractivity contribution in [3.63, 3.8) is 0 Å². The second-order valence-corrected chi connectivity index (χ2v) is 7.38. The smallest absolute Gasteiger partial charge is 0.371 e. The highest BCUT2D eigenvalue weighted by Crippen LogP contribution is 2.35. The molecule has 2 aromatic rings. The number of carbonyl (C=O) groups is 4. The number of benzene rings is 1. The van der Waals surface area contributed by atoms with Crippen molar-refractivity contribution < 1.29 is 38.5 Å². The molecule has 1 aromatic heterocycles. The molecule has 0 saturated carbocycles. The average Bonchev–Trinajstić information content (AvgIpc) is 3.39. The third-order valence-electron chi connectivity index (χ3n) is 5.37. The van der Waals surface area contributed by atoms with Crippen molar-refractivity contribution in [1.82, 2.24) is 4.90 Å². The molecule has 1 saturated heterocycles. The van der Waals surface area contributed by atoms with Gasteiger partial charge in [0.1, 0.15) is 18.4 Å². The van der Waals surface area contributed by atoms with E-state index in [0.717, 1.165) is 18.1 Å². The van der Waals surface area contributed by atoms with E-state index in [0.29, 0.717) is 23.4 Å². The molecule has 10 nitrogen and oxygen atoms in total. The molecule has 2 aliphatic rings. The monoisotopic (exact) mass is 428 g/mol. The lowest BCUT2D eigenvalue weighted by atomic mass is 10.1. The van der Waals surface area contributed by atoms with Crippen LogP contribution in [-0.2, 0) is 27.4 Å². The molecule has 10 heteroatoms. The van der Waals surface area contributed by atoms with Crippen molar-refractivity contribution in [2.75, 3.05) is 11.5 Å². The number of imide groups is 3. The van der Waals surface area contributed by atoms with Crippen LogP contribution in [0.15, 0.2) is 34.7 Å². The number of aryl methyl sites for hydroxylation is 1. The number of urea groups is 1. The predicted octanol–water partition coefficient (Wildman–Crippen LogP) is 1.86. The summed E-state index contributed by atoms with van der Waals surface area (Å²) in [6, 6.07) is 5.96. The zero-order valence-corrected chi connectivity index (χ0v) is 16.6. The Labute approximate surface area is 176 Å². The Kier molecular flexibility index (Phi) is 5.34. The molecule has 4 amide bonds. The Balaban J connectivity index is 1.55. The van der Waals surface area contributed by atoms with Gasteiger partial charge in [0.15, 0.2) is 0 Å². The van der Waals surface area contributed by atoms with E-state index in [1.165, 1.54) is 17.0 Å². The summed E-state index contributed by atoms with van der Waals surface area (Å²) in [5.41, 5.74) is 2.09. The maximum absolute atomic E-state index is 12.9. The lowest BCUT2D eigenvalue weighted by Gasteiger charge is -2.22. The number of amides is 4. The fraction of sp³-hybridized carbons (Fsp3) is 0.333. The predicted molar refractivity (Wildman–Crippen MR) is 104 cm³/mol. The number of aliphatic hydroxyl groups excluding tert-OH is 1. The molecule has 0 radical (unpaired) electrons. The number of fused-ring (bicyclic) bond motifs is 1. The first-order valence-corrected chi connectivity index (χ1v) is 9.66. The number of hydrogen-bond donors (Lipinski definition) is 2. The van der Waals surface area contributed by atoms with Crippen LogP contribution < -0.4 is 4.90 Å². The second kappa shape index (κ2) is 7.97. The van der Waals surface area contributed by atoms with E-state index in [-0.39, 0.29) is 24.7 Å². The highest BCUT2D eigenvalue weighted by Gasteiger charge is 2.48. The van der Waals surface area contributed by atoms with E-state index < -0.39 is 36.0 Å². The van der Waals surface area contributed by atoms with Crippen LogP contribution in [0.1, 0.15) is 46.9 Å². The van der Waals surface area contributed by atoms with Gasteiger partial charge in [0.25, 0.3) is 5.91 Å². The molecule has 31 heavy (non-hydrogen) atoms. The highest BCUT2D eigenvalue weighted by atomic mass is 16.5. The average molecular weight is 428 g/mol. The maximum Gasteiger partial charge on any atom is 0.371 e. The quantitative estimate of drug-likeness (QED) is 0.665. The molecule has 2 atom stereocenters. The molecule has 2 unspecified atom stereocenters. The minimum Gasteiger partial charge on any atom is -0.475 e.